The van der Waals surface area contributed by atoms with E-state index in [1.807, 2.05) is 0 Å². The van der Waals surface area contributed by atoms with Gasteiger partial charge >= 0.3 is 5.97 Å². The lowest BCUT2D eigenvalue weighted by Crippen LogP contribution is -2.19. The van der Waals surface area contributed by atoms with Crippen LogP contribution in [0.25, 0.3) is 11.1 Å². The number of nitrogens with two attached hydrogens (primary N) is 1. The van der Waals surface area contributed by atoms with Crippen LogP contribution in [0.1, 0.15) is 42.5 Å². The number of phenolic OH excluding ortho intramolecular Hbond substituents is 1. The number of carbonyl (C=O) groups is 1. The fourth-order valence-electron chi connectivity index (χ4n) is 2.78. The summed E-state index contributed by atoms with van der Waals surface area (Å²) in [5.41, 5.74) is 5.94. The van der Waals surface area contributed by atoms with Gasteiger partial charge < -0.3 is 15.6 Å². The Labute approximate surface area is 161 Å². The number of aromatic hydroxyl groups is 1. The van der Waals surface area contributed by atoms with Gasteiger partial charge in [0.15, 0.2) is 0 Å². The van der Waals surface area contributed by atoms with Crippen LogP contribution in [-0.4, -0.2) is 17.7 Å². The van der Waals surface area contributed by atoms with Crippen molar-refractivity contribution >= 4 is 18.4 Å². The smallest absolute Gasteiger partial charge is 0.307 e. The summed E-state index contributed by atoms with van der Waals surface area (Å²) in [5.74, 6) is -1.93. The second kappa shape index (κ2) is 9.62. The van der Waals surface area contributed by atoms with Crippen LogP contribution in [0.3, 0.4) is 0 Å². The first-order valence-electron chi connectivity index (χ1n) is 8.07. The standard InChI is InChI=1S/C19H20F3NO3.ClH/c1-3-26-16(25)9-14(23)12-7-11(8-13(18(12)20)19(21)22)17-10(2)5-4-6-15(17)24;/h4-8,14,19,24H,3,9,23H2,1-2H3;1H/t14-;/m0./s1. The fraction of sp³-hybridized carbons (Fsp3) is 0.316. The van der Waals surface area contributed by atoms with Gasteiger partial charge in [-0.05, 0) is 43.2 Å². The summed E-state index contributed by atoms with van der Waals surface area (Å²) in [7, 11) is 0. The minimum absolute atomic E-state index is 0. The Morgan fingerprint density at radius 1 is 1.26 bits per heavy atom. The molecule has 0 radical (unpaired) electrons. The lowest BCUT2D eigenvalue weighted by Gasteiger charge is -2.18. The van der Waals surface area contributed by atoms with Crippen LogP contribution in [0, 0.1) is 12.7 Å². The number of rotatable bonds is 6. The first-order chi connectivity index (χ1) is 12.3. The Kier molecular flexibility index (Phi) is 8.12. The van der Waals surface area contributed by atoms with Crippen LogP contribution < -0.4 is 5.73 Å². The van der Waals surface area contributed by atoms with Gasteiger partial charge in [0.2, 0.25) is 0 Å². The van der Waals surface area contributed by atoms with Crippen molar-refractivity contribution < 1.29 is 27.8 Å². The third-order valence-corrected chi connectivity index (χ3v) is 3.99. The molecule has 0 saturated heterocycles. The summed E-state index contributed by atoms with van der Waals surface area (Å²) in [6.45, 7) is 3.44. The van der Waals surface area contributed by atoms with Gasteiger partial charge in [-0.15, -0.1) is 12.4 Å². The largest absolute Gasteiger partial charge is 0.507 e. The monoisotopic (exact) mass is 403 g/mol. The average molecular weight is 404 g/mol. The van der Waals surface area contributed by atoms with E-state index in [-0.39, 0.29) is 42.3 Å². The van der Waals surface area contributed by atoms with Crippen molar-refractivity contribution in [2.45, 2.75) is 32.7 Å². The van der Waals surface area contributed by atoms with E-state index in [1.165, 1.54) is 12.1 Å². The first kappa shape index (κ1) is 22.8. The highest BCUT2D eigenvalue weighted by atomic mass is 35.5. The molecule has 0 aliphatic carbocycles. The van der Waals surface area contributed by atoms with Crippen LogP contribution >= 0.6 is 12.4 Å². The van der Waals surface area contributed by atoms with Gasteiger partial charge in [0, 0.05) is 17.2 Å². The van der Waals surface area contributed by atoms with Gasteiger partial charge in [-0.1, -0.05) is 12.1 Å². The number of esters is 1. The molecule has 0 amide bonds. The minimum Gasteiger partial charge on any atom is -0.507 e. The summed E-state index contributed by atoms with van der Waals surface area (Å²) in [6, 6.07) is 5.83. The molecule has 0 aliphatic rings. The zero-order valence-corrected chi connectivity index (χ0v) is 15.7. The molecule has 0 spiro atoms. The van der Waals surface area contributed by atoms with E-state index in [9.17, 15) is 23.1 Å². The van der Waals surface area contributed by atoms with Gasteiger partial charge in [0.05, 0.1) is 18.6 Å². The predicted octanol–water partition coefficient (Wildman–Crippen LogP) is 4.82. The van der Waals surface area contributed by atoms with Crippen LogP contribution in [0.5, 0.6) is 5.75 Å². The molecule has 4 nitrogen and oxygen atoms in total. The Balaban J connectivity index is 0.00000364. The second-order valence-electron chi connectivity index (χ2n) is 5.85. The third kappa shape index (κ3) is 5.14. The number of hydrogen-bond donors (Lipinski definition) is 2. The molecule has 8 heteroatoms. The number of phenols is 1. The Bertz CT molecular complexity index is 795. The lowest BCUT2D eigenvalue weighted by atomic mass is 9.92. The van der Waals surface area contributed by atoms with E-state index in [2.05, 4.69) is 0 Å². The molecule has 27 heavy (non-hydrogen) atoms. The zero-order chi connectivity index (χ0) is 19.4. The number of halogens is 4. The quantitative estimate of drug-likeness (QED) is 0.678. The molecule has 1 atom stereocenters. The molecule has 2 aromatic carbocycles. The van der Waals surface area contributed by atoms with E-state index in [0.717, 1.165) is 6.07 Å². The highest BCUT2D eigenvalue weighted by Crippen LogP contribution is 2.38. The van der Waals surface area contributed by atoms with Crippen molar-refractivity contribution in [3.63, 3.8) is 0 Å². The van der Waals surface area contributed by atoms with Gasteiger partial charge in [-0.2, -0.15) is 0 Å². The van der Waals surface area contributed by atoms with E-state index in [1.54, 1.807) is 26.0 Å². The molecular formula is C19H21ClF3NO3. The lowest BCUT2D eigenvalue weighted by molar-refractivity contribution is -0.143. The van der Waals surface area contributed by atoms with Crippen LogP contribution in [0.2, 0.25) is 0 Å². The number of alkyl halides is 2. The van der Waals surface area contributed by atoms with Gasteiger partial charge in [0.1, 0.15) is 11.6 Å². The van der Waals surface area contributed by atoms with Crippen LogP contribution in [0.15, 0.2) is 30.3 Å². The normalized spacial score (nSPS) is 11.8. The van der Waals surface area contributed by atoms with Crippen LogP contribution in [0.4, 0.5) is 13.2 Å². The fourth-order valence-corrected chi connectivity index (χ4v) is 2.78. The molecule has 0 fully saturated rings. The van der Waals surface area contributed by atoms with E-state index in [4.69, 9.17) is 10.5 Å². The predicted molar refractivity (Wildman–Crippen MR) is 98.6 cm³/mol. The molecule has 3 N–H and O–H groups in total. The SMILES string of the molecule is CCOC(=O)C[C@H](N)c1cc(-c2c(C)cccc2O)cc(C(F)F)c1F.Cl. The molecule has 148 valence electrons. The molecule has 2 rings (SSSR count). The van der Waals surface area contributed by atoms with E-state index >= 15 is 0 Å². The Morgan fingerprint density at radius 3 is 2.44 bits per heavy atom. The molecule has 2 aromatic rings. The number of hydrogen-bond acceptors (Lipinski definition) is 4. The average Bonchev–Trinajstić information content (AvgIpc) is 2.55. The van der Waals surface area contributed by atoms with Crippen molar-refractivity contribution in [2.75, 3.05) is 6.61 Å². The van der Waals surface area contributed by atoms with Gasteiger partial charge in [-0.25, -0.2) is 13.2 Å². The number of aryl methyl sites for hydroxylation is 1. The van der Waals surface area contributed by atoms with Crippen molar-refractivity contribution in [3.8, 4) is 16.9 Å². The number of benzene rings is 2. The van der Waals surface area contributed by atoms with E-state index in [0.29, 0.717) is 11.1 Å². The topological polar surface area (TPSA) is 72.5 Å². The summed E-state index contributed by atoms with van der Waals surface area (Å²) >= 11 is 0. The molecule has 0 aromatic heterocycles. The summed E-state index contributed by atoms with van der Waals surface area (Å²) in [4.78, 5) is 11.6. The first-order valence-corrected chi connectivity index (χ1v) is 8.07. The minimum atomic E-state index is -3.07. The van der Waals surface area contributed by atoms with Gasteiger partial charge in [0.25, 0.3) is 6.43 Å². The molecular weight excluding hydrogens is 383 g/mol. The second-order valence-corrected chi connectivity index (χ2v) is 5.85. The van der Waals surface area contributed by atoms with Crippen molar-refractivity contribution in [3.05, 3.63) is 52.8 Å². The molecule has 0 bridgehead atoms. The molecule has 0 saturated carbocycles. The Hall–Kier alpha value is -2.25. The zero-order valence-electron chi connectivity index (χ0n) is 14.8. The number of ether oxygens (including phenoxy) is 1. The van der Waals surface area contributed by atoms with Crippen molar-refractivity contribution in [1.82, 2.24) is 0 Å². The van der Waals surface area contributed by atoms with Crippen molar-refractivity contribution in [1.29, 1.82) is 0 Å². The third-order valence-electron chi connectivity index (χ3n) is 3.99. The summed E-state index contributed by atoms with van der Waals surface area (Å²) < 4.78 is 45.9. The maximum absolute atomic E-state index is 14.5. The van der Waals surface area contributed by atoms with E-state index < -0.39 is 29.8 Å². The molecule has 0 aliphatic heterocycles. The summed E-state index contributed by atoms with van der Waals surface area (Å²) in [5, 5.41) is 10.1. The maximum Gasteiger partial charge on any atom is 0.307 e. The summed E-state index contributed by atoms with van der Waals surface area (Å²) in [6.07, 6.45) is -3.42. The van der Waals surface area contributed by atoms with Crippen molar-refractivity contribution in [2.24, 2.45) is 5.73 Å². The number of carbonyl (C=O) groups excluding carboxylic acids is 1. The van der Waals surface area contributed by atoms with Gasteiger partial charge in [-0.3, -0.25) is 4.79 Å². The maximum atomic E-state index is 14.5. The molecule has 0 unspecified atom stereocenters. The molecule has 0 heterocycles. The van der Waals surface area contributed by atoms with Crippen LogP contribution in [-0.2, 0) is 9.53 Å². The highest BCUT2D eigenvalue weighted by molar-refractivity contribution is 5.85. The highest BCUT2D eigenvalue weighted by Gasteiger charge is 2.24. The Morgan fingerprint density at radius 2 is 1.89 bits per heavy atom.